The van der Waals surface area contributed by atoms with Crippen LogP contribution in [0.2, 0.25) is 0 Å². The minimum atomic E-state index is -1.56. The molecule has 430 valence electrons. The number of hydrogen-bond acceptors (Lipinski definition) is 22. The van der Waals surface area contributed by atoms with E-state index in [1.165, 1.54) is 87.9 Å². The fraction of sp³-hybridized carbons (Fsp3) is 0.440. The van der Waals surface area contributed by atoms with Crippen LogP contribution in [0.3, 0.4) is 0 Å². The minimum Gasteiger partial charge on any atom is -0.505 e. The maximum atomic E-state index is 14.8. The number of hydrogen-bond donors (Lipinski definition) is 6. The highest BCUT2D eigenvalue weighted by Crippen LogP contribution is 2.31. The standard InChI is InChI=1S/C50H60N10O14S6/c1-57-33-23-79-80-24-34(48(70)60(4)36(22-76-8)50(72)78-19-31(43(65)51-17-39(57)63)55-45(67)41-37(61)15-25-13-27(73-5)9-11-29(25)53-41)58(2)40(64)18-52-44(66)32(20-77-49(71)35(21-75-7)59(3)47(33)69)56-46(68)42-38(62)16-26-14-28(74-6)10-12-30(26)54-42/h9-16,31-36,61-62H,17-24H2,1-8H3,(H,51,65)(H,52,66)(H,55,67)(H,56,68)/t31-,32-,33+,34+,35+,36+/m1/s1. The van der Waals surface area contributed by atoms with Crippen LogP contribution >= 0.6 is 68.6 Å². The number of benzene rings is 2. The SMILES string of the molecule is COc1ccc2nc(C(=O)N[C@@H]3CSC(=O)[C@H](CSC)N(C)C(=O)[C@@H]4CSSC[C@@H](C(=O)N(C)[C@@H](CSC)C(=O)SC[C@@H](NC(=O)c5nc6ccc(OC)cc6cc5O)C(=O)NCC(=O)N4C)N(C)C(=O)CNC3=O)c(O)cc2c1. The van der Waals surface area contributed by atoms with Crippen molar-refractivity contribution >= 4 is 148 Å². The number of rotatable bonds is 10. The molecule has 0 unspecified atom stereocenters. The van der Waals surface area contributed by atoms with Crippen molar-refractivity contribution in [3.63, 3.8) is 0 Å². The second kappa shape index (κ2) is 28.9. The van der Waals surface area contributed by atoms with E-state index in [2.05, 4.69) is 31.2 Å². The Morgan fingerprint density at radius 2 is 0.975 bits per heavy atom. The quantitative estimate of drug-likeness (QED) is 0.122. The third kappa shape index (κ3) is 15.4. The molecule has 2 fully saturated rings. The molecule has 2 bridgehead atoms. The summed E-state index contributed by atoms with van der Waals surface area (Å²) in [5, 5.41) is 31.6. The van der Waals surface area contributed by atoms with Crippen molar-refractivity contribution in [3.05, 3.63) is 59.9 Å². The highest BCUT2D eigenvalue weighted by molar-refractivity contribution is 8.76. The Bertz CT molecular complexity index is 2850. The number of methoxy groups -OCH3 is 2. The van der Waals surface area contributed by atoms with Gasteiger partial charge < -0.3 is 60.6 Å². The molecule has 0 aliphatic carbocycles. The number of amides is 8. The smallest absolute Gasteiger partial charge is 0.274 e. The molecule has 2 aromatic heterocycles. The first-order valence-electron chi connectivity index (χ1n) is 24.3. The predicted molar refractivity (Wildman–Crippen MR) is 311 cm³/mol. The van der Waals surface area contributed by atoms with Crippen molar-refractivity contribution in [3.8, 4) is 23.0 Å². The van der Waals surface area contributed by atoms with Gasteiger partial charge in [0.05, 0.1) is 38.3 Å². The maximum absolute atomic E-state index is 14.8. The monoisotopic (exact) mass is 1220 g/mol. The van der Waals surface area contributed by atoms with Crippen LogP contribution in [0.1, 0.15) is 21.0 Å². The Morgan fingerprint density at radius 3 is 1.32 bits per heavy atom. The lowest BCUT2D eigenvalue weighted by atomic mass is 10.1. The molecule has 6 N–H and O–H groups in total. The number of ether oxygens (including phenoxy) is 2. The van der Waals surface area contributed by atoms with Gasteiger partial charge in [-0.2, -0.15) is 23.5 Å². The van der Waals surface area contributed by atoms with E-state index in [0.29, 0.717) is 56.8 Å². The van der Waals surface area contributed by atoms with Crippen molar-refractivity contribution in [2.45, 2.75) is 36.3 Å². The van der Waals surface area contributed by atoms with Crippen LogP contribution in [-0.4, -0.2) is 236 Å². The first-order valence-corrected chi connectivity index (χ1v) is 31.5. The van der Waals surface area contributed by atoms with Crippen LogP contribution in [-0.2, 0) is 38.4 Å². The number of fused-ring (bicyclic) bond motifs is 7. The van der Waals surface area contributed by atoms with E-state index in [4.69, 9.17) is 9.47 Å². The summed E-state index contributed by atoms with van der Waals surface area (Å²) in [7, 11) is 10.5. The van der Waals surface area contributed by atoms with Crippen LogP contribution in [0.4, 0.5) is 0 Å². The summed E-state index contributed by atoms with van der Waals surface area (Å²) < 4.78 is 10.5. The van der Waals surface area contributed by atoms with E-state index >= 15 is 0 Å². The Morgan fingerprint density at radius 1 is 0.600 bits per heavy atom. The van der Waals surface area contributed by atoms with Crippen LogP contribution < -0.4 is 30.7 Å². The van der Waals surface area contributed by atoms with Crippen LogP contribution in [0.25, 0.3) is 21.8 Å². The molecule has 2 aliphatic heterocycles. The zero-order valence-electron chi connectivity index (χ0n) is 44.7. The van der Waals surface area contributed by atoms with Crippen LogP contribution in [0.5, 0.6) is 23.0 Å². The molecule has 30 heteroatoms. The van der Waals surface area contributed by atoms with Gasteiger partial charge in [0.1, 0.15) is 59.2 Å². The van der Waals surface area contributed by atoms with Crippen molar-refractivity contribution in [1.82, 2.24) is 50.8 Å². The molecular formula is C50H60N10O14S6. The van der Waals surface area contributed by atoms with Crippen molar-refractivity contribution < 1.29 is 67.6 Å². The molecule has 4 heterocycles. The molecule has 0 spiro atoms. The molecule has 6 atom stereocenters. The number of aromatic nitrogens is 2. The number of nitrogens with one attached hydrogen (secondary N) is 4. The summed E-state index contributed by atoms with van der Waals surface area (Å²) >= 11 is 3.67. The number of pyridine rings is 2. The average Bonchev–Trinajstić information content (AvgIpc) is 3.44. The molecule has 2 saturated heterocycles. The summed E-state index contributed by atoms with van der Waals surface area (Å²) in [6.45, 7) is -1.43. The molecule has 24 nitrogen and oxygen atoms in total. The molecular weight excluding hydrogens is 1160 g/mol. The molecule has 0 saturated carbocycles. The molecule has 80 heavy (non-hydrogen) atoms. The van der Waals surface area contributed by atoms with Gasteiger partial charge in [-0.05, 0) is 61.0 Å². The first kappa shape index (κ1) is 62.9. The highest BCUT2D eigenvalue weighted by atomic mass is 33.1. The number of carbonyl (C=O) groups excluding carboxylic acids is 10. The van der Waals surface area contributed by atoms with E-state index in [-0.39, 0.29) is 23.0 Å². The lowest BCUT2D eigenvalue weighted by molar-refractivity contribution is -0.144. The van der Waals surface area contributed by atoms with Crippen LogP contribution in [0, 0.1) is 0 Å². The second-order valence-corrected chi connectivity index (χ2v) is 24.5. The Hall–Kier alpha value is -6.34. The predicted octanol–water partition coefficient (Wildman–Crippen LogP) is 1.30. The number of thioether (sulfide) groups is 4. The number of likely N-dealkylation sites (N-methyl/N-ethyl adjacent to an activating group) is 4. The maximum Gasteiger partial charge on any atom is 0.274 e. The zero-order chi connectivity index (χ0) is 58.5. The molecule has 0 radical (unpaired) electrons. The third-order valence-corrected chi connectivity index (χ3v) is 18.7. The summed E-state index contributed by atoms with van der Waals surface area (Å²) in [5.74, 6) is -8.07. The zero-order valence-corrected chi connectivity index (χ0v) is 49.6. The highest BCUT2D eigenvalue weighted by Gasteiger charge is 2.40. The summed E-state index contributed by atoms with van der Waals surface area (Å²) in [5.41, 5.74) is -0.303. The molecule has 8 amide bonds. The summed E-state index contributed by atoms with van der Waals surface area (Å²) in [6, 6.07) is 3.97. The topological polar surface area (TPSA) is 316 Å². The molecule has 4 aromatic rings. The molecule has 2 aromatic carbocycles. The van der Waals surface area contributed by atoms with Gasteiger partial charge in [-0.25, -0.2) is 9.97 Å². The summed E-state index contributed by atoms with van der Waals surface area (Å²) in [6.07, 6.45) is 3.40. The molecule has 2 aliphatic rings. The van der Waals surface area contributed by atoms with Gasteiger partial charge in [0.25, 0.3) is 11.8 Å². The third-order valence-electron chi connectivity index (χ3n) is 12.9. The van der Waals surface area contributed by atoms with Gasteiger partial charge in [-0.3, -0.25) is 47.9 Å². The van der Waals surface area contributed by atoms with Gasteiger partial charge in [0, 0.05) is 73.5 Å². The van der Waals surface area contributed by atoms with E-state index < -0.39 is 141 Å². The van der Waals surface area contributed by atoms with E-state index in [0.717, 1.165) is 31.4 Å². The molecule has 6 rings (SSSR count). The normalized spacial score (nSPS) is 22.2. The lowest BCUT2D eigenvalue weighted by Crippen LogP contribution is -2.57. The fourth-order valence-electron chi connectivity index (χ4n) is 8.08. The van der Waals surface area contributed by atoms with Crippen molar-refractivity contribution in [2.75, 3.05) is 103 Å². The Labute approximate surface area is 485 Å². The number of aromatic hydroxyl groups is 2. The van der Waals surface area contributed by atoms with Crippen LogP contribution in [0.15, 0.2) is 48.5 Å². The Balaban J connectivity index is 1.36. The fourth-order valence-corrected chi connectivity index (χ4v) is 14.2. The van der Waals surface area contributed by atoms with Gasteiger partial charge >= 0.3 is 0 Å². The van der Waals surface area contributed by atoms with E-state index in [9.17, 15) is 58.2 Å². The van der Waals surface area contributed by atoms with Crippen molar-refractivity contribution in [1.29, 1.82) is 0 Å². The number of nitrogens with zero attached hydrogens (tertiary/aromatic N) is 6. The first-order chi connectivity index (χ1) is 38.1. The van der Waals surface area contributed by atoms with Gasteiger partial charge in [0.15, 0.2) is 11.4 Å². The van der Waals surface area contributed by atoms with Gasteiger partial charge in [0.2, 0.25) is 45.7 Å². The second-order valence-electron chi connectivity index (χ2n) is 18.0. The van der Waals surface area contributed by atoms with Crippen molar-refractivity contribution in [2.24, 2.45) is 0 Å². The largest absolute Gasteiger partial charge is 0.505 e. The van der Waals surface area contributed by atoms with E-state index in [1.54, 1.807) is 48.9 Å². The Kier molecular flexibility index (Phi) is 22.7. The number of carbonyl (C=O) groups is 10. The van der Waals surface area contributed by atoms with Gasteiger partial charge in [-0.15, -0.1) is 0 Å². The van der Waals surface area contributed by atoms with E-state index in [1.807, 2.05) is 0 Å². The summed E-state index contributed by atoms with van der Waals surface area (Å²) in [4.78, 5) is 156. The lowest BCUT2D eigenvalue weighted by Gasteiger charge is -2.35. The minimum absolute atomic E-state index is 0.0455. The average molecular weight is 1220 g/mol. The van der Waals surface area contributed by atoms with Gasteiger partial charge in [-0.1, -0.05) is 45.1 Å².